The van der Waals surface area contributed by atoms with Crippen LogP contribution < -0.4 is 14.4 Å². The van der Waals surface area contributed by atoms with Crippen molar-refractivity contribution in [2.24, 2.45) is 5.41 Å². The lowest BCUT2D eigenvalue weighted by molar-refractivity contribution is -0.0301. The Kier molecular flexibility index (Phi) is 9.61. The van der Waals surface area contributed by atoms with Crippen molar-refractivity contribution in [2.75, 3.05) is 70.5 Å². The molecule has 5 fully saturated rings. The summed E-state index contributed by atoms with van der Waals surface area (Å²) in [6.07, 6.45) is 7.86. The Morgan fingerprint density at radius 2 is 1.81 bits per heavy atom. The lowest BCUT2D eigenvalue weighted by atomic mass is 9.72. The number of nitrogens with zero attached hydrogens (tertiary/aromatic N) is 6. The minimum atomic E-state index is -3.40. The SMILES string of the molecule is C[C@@H]1COC[C@@H](C)N1C(=O)c1cc(F)ccc1Oc1cncnc1N1CC2(CCN(C[C@@H]3CC[C@@H](NS(=O)(=O)N4CCC4)CO3)CC2)C1. The number of rotatable bonds is 9. The summed E-state index contributed by atoms with van der Waals surface area (Å²) < 4.78 is 61.5. The van der Waals surface area contributed by atoms with Crippen LogP contribution in [0.25, 0.3) is 0 Å². The smallest absolute Gasteiger partial charge is 0.279 e. The molecular formula is C33H46FN7O6S. The van der Waals surface area contributed by atoms with Gasteiger partial charge in [0.15, 0.2) is 11.6 Å². The quantitative estimate of drug-likeness (QED) is 0.420. The molecule has 4 atom stereocenters. The van der Waals surface area contributed by atoms with Crippen LogP contribution in [-0.4, -0.2) is 128 Å². The fraction of sp³-hybridized carbons (Fsp3) is 0.667. The van der Waals surface area contributed by atoms with Gasteiger partial charge in [0.05, 0.1) is 49.8 Å². The molecule has 1 aromatic heterocycles. The topological polar surface area (TPSA) is 130 Å². The van der Waals surface area contributed by atoms with Gasteiger partial charge >= 0.3 is 0 Å². The predicted octanol–water partition coefficient (Wildman–Crippen LogP) is 2.65. The van der Waals surface area contributed by atoms with Gasteiger partial charge in [-0.3, -0.25) is 4.79 Å². The number of nitrogens with one attached hydrogen (secondary N) is 1. The molecule has 1 spiro atoms. The molecule has 15 heteroatoms. The van der Waals surface area contributed by atoms with E-state index in [4.69, 9.17) is 14.2 Å². The van der Waals surface area contributed by atoms with E-state index in [1.165, 1.54) is 28.8 Å². The average Bonchev–Trinajstić information content (AvgIpc) is 3.01. The molecule has 2 aromatic rings. The lowest BCUT2D eigenvalue weighted by Gasteiger charge is -2.54. The van der Waals surface area contributed by atoms with Gasteiger partial charge in [-0.05, 0) is 77.2 Å². The average molecular weight is 688 g/mol. The standard InChI is InChI=1S/C33H46FN7O6S/c1-23-17-45-18-24(2)41(23)32(42)28-14-25(34)4-7-29(28)47-30-15-35-22-36-31(30)39-20-33(21-39)8-12-38(13-9-33)16-27-6-5-26(19-46-27)37-48(43,44)40-10-3-11-40/h4,7,14-15,22-24,26-27,37H,3,5-6,8-13,16-21H2,1-2H3/t23-,24-,26-,27+/m1/s1. The molecule has 0 saturated carbocycles. The third-order valence-electron chi connectivity index (χ3n) is 10.5. The second-order valence-corrected chi connectivity index (χ2v) is 15.9. The largest absolute Gasteiger partial charge is 0.451 e. The van der Waals surface area contributed by atoms with Gasteiger partial charge in [0, 0.05) is 44.2 Å². The molecule has 1 aromatic carbocycles. The first kappa shape index (κ1) is 33.5. The Balaban J connectivity index is 0.923. The molecule has 1 N–H and O–H groups in total. The van der Waals surface area contributed by atoms with Gasteiger partial charge in [-0.1, -0.05) is 0 Å². The van der Waals surface area contributed by atoms with Gasteiger partial charge in [-0.2, -0.15) is 17.4 Å². The van der Waals surface area contributed by atoms with E-state index in [9.17, 15) is 17.6 Å². The van der Waals surface area contributed by atoms with Gasteiger partial charge in [0.1, 0.15) is 17.9 Å². The van der Waals surface area contributed by atoms with E-state index in [2.05, 4.69) is 24.5 Å². The van der Waals surface area contributed by atoms with Gasteiger partial charge in [-0.15, -0.1) is 0 Å². The summed E-state index contributed by atoms with van der Waals surface area (Å²) >= 11 is 0. The molecule has 1 amide bonds. The number of ether oxygens (including phenoxy) is 3. The maximum absolute atomic E-state index is 14.4. The van der Waals surface area contributed by atoms with Crippen LogP contribution in [-0.2, 0) is 19.7 Å². The molecule has 5 aliphatic rings. The molecule has 0 radical (unpaired) electrons. The highest BCUT2D eigenvalue weighted by molar-refractivity contribution is 7.87. The molecule has 5 saturated heterocycles. The fourth-order valence-corrected chi connectivity index (χ4v) is 9.12. The van der Waals surface area contributed by atoms with E-state index < -0.39 is 16.0 Å². The summed E-state index contributed by atoms with van der Waals surface area (Å²) in [7, 11) is -3.40. The first-order valence-electron chi connectivity index (χ1n) is 17.1. The zero-order valence-electron chi connectivity index (χ0n) is 27.7. The second-order valence-electron chi connectivity index (χ2n) is 14.2. The highest BCUT2D eigenvalue weighted by Gasteiger charge is 2.46. The first-order chi connectivity index (χ1) is 23.1. The number of benzene rings is 1. The third-order valence-corrected chi connectivity index (χ3v) is 12.2. The van der Waals surface area contributed by atoms with Gasteiger partial charge < -0.3 is 28.9 Å². The Labute approximate surface area is 281 Å². The normalized spacial score (nSPS) is 28.1. The van der Waals surface area contributed by atoms with E-state index in [1.807, 2.05) is 13.8 Å². The van der Waals surface area contributed by atoms with E-state index in [1.54, 1.807) is 11.1 Å². The summed E-state index contributed by atoms with van der Waals surface area (Å²) in [5.74, 6) is 0.532. The zero-order valence-corrected chi connectivity index (χ0v) is 28.5. The highest BCUT2D eigenvalue weighted by atomic mass is 32.2. The second kappa shape index (κ2) is 13.8. The Bertz CT molecular complexity index is 1560. The number of morpholine rings is 1. The highest BCUT2D eigenvalue weighted by Crippen LogP contribution is 2.45. The summed E-state index contributed by atoms with van der Waals surface area (Å²) in [4.78, 5) is 28.8. The number of piperidine rings is 1. The van der Waals surface area contributed by atoms with Crippen molar-refractivity contribution in [3.63, 3.8) is 0 Å². The van der Waals surface area contributed by atoms with Gasteiger partial charge in [0.2, 0.25) is 0 Å². The summed E-state index contributed by atoms with van der Waals surface area (Å²) in [5, 5.41) is 0. The van der Waals surface area contributed by atoms with Crippen LogP contribution in [0.3, 0.4) is 0 Å². The number of aromatic nitrogens is 2. The van der Waals surface area contributed by atoms with Crippen LogP contribution in [0.15, 0.2) is 30.7 Å². The van der Waals surface area contributed by atoms with Gasteiger partial charge in [-0.25, -0.2) is 14.4 Å². The van der Waals surface area contributed by atoms with E-state index in [-0.39, 0.29) is 46.9 Å². The van der Waals surface area contributed by atoms with Crippen LogP contribution in [0.5, 0.6) is 11.5 Å². The molecule has 48 heavy (non-hydrogen) atoms. The third kappa shape index (κ3) is 7.03. The molecule has 0 bridgehead atoms. The van der Waals surface area contributed by atoms with Crippen molar-refractivity contribution >= 4 is 21.9 Å². The van der Waals surface area contributed by atoms with E-state index >= 15 is 0 Å². The fourth-order valence-electron chi connectivity index (χ4n) is 7.62. The van der Waals surface area contributed by atoms with E-state index in [0.717, 1.165) is 64.8 Å². The van der Waals surface area contributed by atoms with Crippen LogP contribution in [0.4, 0.5) is 10.2 Å². The summed E-state index contributed by atoms with van der Waals surface area (Å²) in [5.41, 5.74) is 0.342. The maximum atomic E-state index is 14.4. The van der Waals surface area contributed by atoms with Crippen molar-refractivity contribution in [1.82, 2.24) is 28.8 Å². The van der Waals surface area contributed by atoms with Crippen LogP contribution in [0.1, 0.15) is 56.3 Å². The molecule has 262 valence electrons. The molecular weight excluding hydrogens is 641 g/mol. The summed E-state index contributed by atoms with van der Waals surface area (Å²) in [6.45, 7) is 10.8. The van der Waals surface area contributed by atoms with Crippen molar-refractivity contribution in [2.45, 2.75) is 70.2 Å². The van der Waals surface area contributed by atoms with Crippen LogP contribution in [0.2, 0.25) is 0 Å². The minimum absolute atomic E-state index is 0.111. The number of amides is 1. The van der Waals surface area contributed by atoms with Crippen molar-refractivity contribution in [1.29, 1.82) is 0 Å². The number of halogens is 1. The van der Waals surface area contributed by atoms with Crippen molar-refractivity contribution in [3.8, 4) is 11.5 Å². The molecule has 7 rings (SSSR count). The lowest BCUT2D eigenvalue weighted by Crippen LogP contribution is -2.61. The predicted molar refractivity (Wildman–Crippen MR) is 176 cm³/mol. The molecule has 13 nitrogen and oxygen atoms in total. The molecule has 0 unspecified atom stereocenters. The Hall–Kier alpha value is -2.95. The number of hydrogen-bond donors (Lipinski definition) is 1. The van der Waals surface area contributed by atoms with E-state index in [0.29, 0.717) is 44.5 Å². The minimum Gasteiger partial charge on any atom is -0.451 e. The van der Waals surface area contributed by atoms with Crippen molar-refractivity contribution < 1.29 is 31.8 Å². The Morgan fingerprint density at radius 3 is 2.48 bits per heavy atom. The molecule has 5 aliphatic heterocycles. The number of hydrogen-bond acceptors (Lipinski definition) is 10. The number of likely N-dealkylation sites (tertiary alicyclic amines) is 1. The zero-order chi connectivity index (χ0) is 33.5. The number of carbonyl (C=O) groups excluding carboxylic acids is 1. The van der Waals surface area contributed by atoms with Gasteiger partial charge in [0.25, 0.3) is 16.1 Å². The first-order valence-corrected chi connectivity index (χ1v) is 18.6. The number of carbonyl (C=O) groups is 1. The molecule has 0 aliphatic carbocycles. The van der Waals surface area contributed by atoms with Crippen LogP contribution >= 0.6 is 0 Å². The summed E-state index contributed by atoms with van der Waals surface area (Å²) in [6, 6.07) is 3.55. The number of anilines is 1. The Morgan fingerprint density at radius 1 is 1.06 bits per heavy atom. The maximum Gasteiger partial charge on any atom is 0.279 e. The monoisotopic (exact) mass is 687 g/mol. The van der Waals surface area contributed by atoms with Crippen molar-refractivity contribution in [3.05, 3.63) is 42.1 Å². The van der Waals surface area contributed by atoms with Crippen LogP contribution in [0, 0.1) is 11.2 Å². The molecule has 6 heterocycles.